The molecule has 3 rings (SSSR count). The van der Waals surface area contributed by atoms with E-state index >= 15 is 0 Å². The van der Waals surface area contributed by atoms with Crippen LogP contribution in [0.15, 0.2) is 59.0 Å². The van der Waals surface area contributed by atoms with E-state index in [0.717, 1.165) is 11.3 Å². The fourth-order valence-corrected chi connectivity index (χ4v) is 2.75. The third-order valence-electron chi connectivity index (χ3n) is 4.78. The number of nitrogens with zero attached hydrogens (tertiary/aromatic N) is 2. The molecule has 0 aliphatic carbocycles. The molecule has 0 radical (unpaired) electrons. The Kier molecular flexibility index (Phi) is 5.98. The van der Waals surface area contributed by atoms with E-state index in [2.05, 4.69) is 22.8 Å². The summed E-state index contributed by atoms with van der Waals surface area (Å²) in [5.41, 5.74) is 0.136. The largest absolute Gasteiger partial charge is 0.489 e. The van der Waals surface area contributed by atoms with Crippen LogP contribution in [0.4, 0.5) is 0 Å². The lowest BCUT2D eigenvalue weighted by molar-refractivity contribution is 0.0527. The molecule has 1 atom stereocenters. The number of Topliss-reactive ketones (excluding diaryl/α,β-unsaturated/α-hetero) is 1. The van der Waals surface area contributed by atoms with Crippen molar-refractivity contribution in [1.29, 1.82) is 0 Å². The highest BCUT2D eigenvalue weighted by Crippen LogP contribution is 2.36. The Balaban J connectivity index is 1.66. The van der Waals surface area contributed by atoms with Crippen molar-refractivity contribution in [1.82, 2.24) is 10.2 Å². The van der Waals surface area contributed by atoms with Gasteiger partial charge in [-0.05, 0) is 50.6 Å². The first kappa shape index (κ1) is 20.9. The molecule has 6 nitrogen and oxygen atoms in total. The highest BCUT2D eigenvalue weighted by atomic mass is 32.1. The molecule has 0 aliphatic heterocycles. The van der Waals surface area contributed by atoms with Gasteiger partial charge in [0.05, 0.1) is 0 Å². The third-order valence-corrected chi connectivity index (χ3v) is 5.52. The Morgan fingerprint density at radius 2 is 1.62 bits per heavy atom. The Morgan fingerprint density at radius 1 is 1.00 bits per heavy atom. The average Bonchev–Trinajstić information content (AvgIpc) is 3.13. The maximum Gasteiger partial charge on any atom is 0.285 e. The summed E-state index contributed by atoms with van der Waals surface area (Å²) in [6, 6.07) is 17.2. The average molecular weight is 413 g/mol. The fourth-order valence-electron chi connectivity index (χ4n) is 2.61. The van der Waals surface area contributed by atoms with E-state index in [0.29, 0.717) is 18.2 Å². The smallest absolute Gasteiger partial charge is 0.285 e. The summed E-state index contributed by atoms with van der Waals surface area (Å²) in [6.45, 7) is 7.37. The maximum absolute atomic E-state index is 12.8. The lowest BCUT2D eigenvalue weighted by atomic mass is 9.87. The zero-order valence-corrected chi connectivity index (χ0v) is 17.8. The van der Waals surface area contributed by atoms with E-state index in [1.54, 1.807) is 39.8 Å². The first-order valence-electron chi connectivity index (χ1n) is 9.22. The molecule has 29 heavy (non-hydrogen) atoms. The highest BCUT2D eigenvalue weighted by Gasteiger charge is 2.48. The minimum atomic E-state index is -1.20. The van der Waals surface area contributed by atoms with Crippen LogP contribution in [-0.2, 0) is 6.61 Å². The van der Waals surface area contributed by atoms with Crippen LogP contribution < -0.4 is 9.47 Å². The Morgan fingerprint density at radius 3 is 2.21 bits per heavy atom. The van der Waals surface area contributed by atoms with Crippen LogP contribution in [0.2, 0.25) is 0 Å². The maximum atomic E-state index is 12.8. The van der Waals surface area contributed by atoms with Crippen LogP contribution >= 0.6 is 12.6 Å². The van der Waals surface area contributed by atoms with Gasteiger partial charge in [0.25, 0.3) is 5.89 Å². The van der Waals surface area contributed by atoms with Gasteiger partial charge in [-0.2, -0.15) is 12.6 Å². The summed E-state index contributed by atoms with van der Waals surface area (Å²) in [5, 5.41) is 7.51. The van der Waals surface area contributed by atoms with Gasteiger partial charge in [-0.25, -0.2) is 0 Å². The van der Waals surface area contributed by atoms with Crippen LogP contribution in [0, 0.1) is 6.92 Å². The highest BCUT2D eigenvalue weighted by molar-refractivity contribution is 7.82. The molecule has 2 aromatic carbocycles. The molecular formula is C22H24N2O4S. The van der Waals surface area contributed by atoms with E-state index in [1.807, 2.05) is 42.5 Å². The van der Waals surface area contributed by atoms with Crippen molar-refractivity contribution in [3.8, 4) is 11.5 Å². The molecule has 1 heterocycles. The van der Waals surface area contributed by atoms with Crippen LogP contribution in [0.3, 0.4) is 0 Å². The Bertz CT molecular complexity index is 966. The number of ketones is 1. The van der Waals surface area contributed by atoms with E-state index in [4.69, 9.17) is 13.9 Å². The predicted octanol–water partition coefficient (Wildman–Crippen LogP) is 4.69. The normalized spacial score (nSPS) is 13.6. The number of hydrogen-bond acceptors (Lipinski definition) is 7. The molecule has 1 aromatic heterocycles. The summed E-state index contributed by atoms with van der Waals surface area (Å²) in [5.74, 6) is 1.17. The molecule has 0 spiro atoms. The van der Waals surface area contributed by atoms with Crippen LogP contribution in [0.5, 0.6) is 11.5 Å². The van der Waals surface area contributed by atoms with Crippen molar-refractivity contribution < 1.29 is 18.7 Å². The Hall–Kier alpha value is -2.80. The summed E-state index contributed by atoms with van der Waals surface area (Å²) >= 11 is 4.58. The molecule has 0 saturated heterocycles. The predicted molar refractivity (Wildman–Crippen MR) is 113 cm³/mol. The number of benzene rings is 2. The number of rotatable bonds is 8. The zero-order chi connectivity index (χ0) is 21.1. The van der Waals surface area contributed by atoms with Crippen LogP contribution in [0.25, 0.3) is 0 Å². The van der Waals surface area contributed by atoms with Crippen molar-refractivity contribution in [3.05, 3.63) is 71.9 Å². The summed E-state index contributed by atoms with van der Waals surface area (Å²) in [6.07, 6.45) is 0. The molecule has 0 amide bonds. The van der Waals surface area contributed by atoms with Crippen molar-refractivity contribution in [3.63, 3.8) is 0 Å². The number of ether oxygens (including phenoxy) is 2. The van der Waals surface area contributed by atoms with Crippen molar-refractivity contribution in [2.75, 3.05) is 0 Å². The topological polar surface area (TPSA) is 74.5 Å². The van der Waals surface area contributed by atoms with Crippen LogP contribution in [-0.4, -0.2) is 26.3 Å². The van der Waals surface area contributed by atoms with Gasteiger partial charge in [0.15, 0.2) is 0 Å². The monoisotopic (exact) mass is 412 g/mol. The third kappa shape index (κ3) is 4.79. The zero-order valence-electron chi connectivity index (χ0n) is 16.9. The molecule has 1 unspecified atom stereocenters. The van der Waals surface area contributed by atoms with E-state index in [1.165, 1.54) is 0 Å². The number of carbonyl (C=O) groups excluding carboxylic acids is 1. The first-order chi connectivity index (χ1) is 13.7. The van der Waals surface area contributed by atoms with E-state index in [-0.39, 0.29) is 5.89 Å². The number of aryl methyl sites for hydroxylation is 1. The molecular weight excluding hydrogens is 388 g/mol. The first-order valence-corrected chi connectivity index (χ1v) is 9.67. The summed E-state index contributed by atoms with van der Waals surface area (Å²) < 4.78 is 15.9. The molecule has 0 fully saturated rings. The minimum absolute atomic E-state index is 0.0821. The second-order valence-electron chi connectivity index (χ2n) is 7.39. The number of aromatic nitrogens is 2. The summed E-state index contributed by atoms with van der Waals surface area (Å²) in [7, 11) is 0. The van der Waals surface area contributed by atoms with Crippen molar-refractivity contribution in [2.45, 2.75) is 44.6 Å². The molecule has 0 N–H and O–H groups in total. The number of thiol groups is 1. The van der Waals surface area contributed by atoms with Crippen molar-refractivity contribution >= 4 is 18.4 Å². The fraction of sp³-hybridized carbons (Fsp3) is 0.318. The Labute approximate surface area is 175 Å². The molecule has 3 aromatic rings. The van der Waals surface area contributed by atoms with Gasteiger partial charge in [0.1, 0.15) is 28.5 Å². The van der Waals surface area contributed by atoms with Gasteiger partial charge < -0.3 is 13.9 Å². The molecule has 152 valence electrons. The van der Waals surface area contributed by atoms with Gasteiger partial charge in [0, 0.05) is 6.92 Å². The van der Waals surface area contributed by atoms with E-state index < -0.39 is 16.1 Å². The second-order valence-corrected chi connectivity index (χ2v) is 8.28. The lowest BCUT2D eigenvalue weighted by Crippen LogP contribution is -2.53. The lowest BCUT2D eigenvalue weighted by Gasteiger charge is -2.38. The van der Waals surface area contributed by atoms with Gasteiger partial charge in [-0.15, -0.1) is 10.2 Å². The van der Waals surface area contributed by atoms with Gasteiger partial charge >= 0.3 is 0 Å². The standard InChI is InChI=1S/C22H24N2O4S/c1-15-23-24-20(27-15)19(25)22(4,29)21(2,3)28-18-12-10-17(11-13-18)26-14-16-8-6-5-7-9-16/h5-13,29H,14H2,1-4H3. The molecule has 7 heteroatoms. The quantitative estimate of drug-likeness (QED) is 0.427. The van der Waals surface area contributed by atoms with Crippen molar-refractivity contribution in [2.24, 2.45) is 0 Å². The SMILES string of the molecule is Cc1nnc(C(=O)C(C)(S)C(C)(C)Oc2ccc(OCc3ccccc3)cc2)o1. The second kappa shape index (κ2) is 8.29. The van der Waals surface area contributed by atoms with Gasteiger partial charge in [-0.3, -0.25) is 4.79 Å². The van der Waals surface area contributed by atoms with Gasteiger partial charge in [0.2, 0.25) is 11.7 Å². The molecule has 0 bridgehead atoms. The van der Waals surface area contributed by atoms with Crippen LogP contribution in [0.1, 0.15) is 42.9 Å². The number of hydrogen-bond donors (Lipinski definition) is 1. The summed E-state index contributed by atoms with van der Waals surface area (Å²) in [4.78, 5) is 12.8. The minimum Gasteiger partial charge on any atom is -0.489 e. The van der Waals surface area contributed by atoms with E-state index in [9.17, 15) is 4.79 Å². The van der Waals surface area contributed by atoms with Gasteiger partial charge in [-0.1, -0.05) is 30.3 Å². The molecule has 0 saturated carbocycles. The number of carbonyl (C=O) groups is 1. The molecule has 0 aliphatic rings.